The van der Waals surface area contributed by atoms with E-state index in [-0.39, 0.29) is 30.2 Å². The van der Waals surface area contributed by atoms with Crippen molar-refractivity contribution in [1.82, 2.24) is 10.3 Å². The van der Waals surface area contributed by atoms with Gasteiger partial charge in [0.2, 0.25) is 11.8 Å². The Morgan fingerprint density at radius 2 is 2.08 bits per heavy atom. The number of anilines is 1. The van der Waals surface area contributed by atoms with E-state index < -0.39 is 0 Å². The molecule has 138 valence electrons. The first-order chi connectivity index (χ1) is 12.4. The van der Waals surface area contributed by atoms with Gasteiger partial charge in [-0.25, -0.2) is 4.98 Å². The summed E-state index contributed by atoms with van der Waals surface area (Å²) in [6.45, 7) is 4.85. The Bertz CT molecular complexity index is 788. The first-order valence-corrected chi connectivity index (χ1v) is 9.99. The lowest BCUT2D eigenvalue weighted by Crippen LogP contribution is -2.33. The van der Waals surface area contributed by atoms with E-state index in [1.54, 1.807) is 4.90 Å². The van der Waals surface area contributed by atoms with Crippen molar-refractivity contribution in [3.8, 4) is 0 Å². The smallest absolute Gasteiger partial charge is 0.228 e. The van der Waals surface area contributed by atoms with Crippen LogP contribution in [-0.4, -0.2) is 23.3 Å². The van der Waals surface area contributed by atoms with Gasteiger partial charge >= 0.3 is 0 Å². The highest BCUT2D eigenvalue weighted by Crippen LogP contribution is 2.26. The Kier molecular flexibility index (Phi) is 5.94. The van der Waals surface area contributed by atoms with E-state index in [0.29, 0.717) is 28.8 Å². The van der Waals surface area contributed by atoms with E-state index in [4.69, 9.17) is 11.6 Å². The average Bonchev–Trinajstić information content (AvgIpc) is 3.22. The molecule has 1 unspecified atom stereocenters. The van der Waals surface area contributed by atoms with Crippen LogP contribution in [0.3, 0.4) is 0 Å². The van der Waals surface area contributed by atoms with E-state index in [1.807, 2.05) is 29.6 Å². The van der Waals surface area contributed by atoms with Crippen LogP contribution >= 0.6 is 22.9 Å². The van der Waals surface area contributed by atoms with Gasteiger partial charge in [0, 0.05) is 23.4 Å². The van der Waals surface area contributed by atoms with Gasteiger partial charge in [-0.05, 0) is 30.0 Å². The second-order valence-corrected chi connectivity index (χ2v) is 8.06. The summed E-state index contributed by atoms with van der Waals surface area (Å²) in [5.74, 6) is 0.273. The van der Waals surface area contributed by atoms with Crippen molar-refractivity contribution in [1.29, 1.82) is 0 Å². The summed E-state index contributed by atoms with van der Waals surface area (Å²) in [5, 5.41) is 6.31. The molecule has 1 aliphatic heterocycles. The molecule has 0 spiro atoms. The molecule has 1 aromatic heterocycles. The molecule has 1 fully saturated rings. The van der Waals surface area contributed by atoms with E-state index in [2.05, 4.69) is 24.1 Å². The van der Waals surface area contributed by atoms with Gasteiger partial charge in [0.1, 0.15) is 0 Å². The normalized spacial score (nSPS) is 15.5. The largest absolute Gasteiger partial charge is 0.349 e. The fourth-order valence-electron chi connectivity index (χ4n) is 3.05. The lowest BCUT2D eigenvalue weighted by Gasteiger charge is -2.23. The Labute approximate surface area is 162 Å². The van der Waals surface area contributed by atoms with Crippen molar-refractivity contribution in [3.63, 3.8) is 0 Å². The maximum Gasteiger partial charge on any atom is 0.228 e. The number of benzene rings is 1. The van der Waals surface area contributed by atoms with Crippen molar-refractivity contribution in [2.75, 3.05) is 11.4 Å². The number of carbonyl (C=O) groups excluding carboxylic acids is 2. The molecule has 1 aromatic carbocycles. The molecule has 1 atom stereocenters. The van der Waals surface area contributed by atoms with Crippen molar-refractivity contribution in [3.05, 3.63) is 45.9 Å². The number of hydrogen-bond donors (Lipinski definition) is 1. The SMILES string of the molecule is CC(C)C(NC(=O)Cc1csc(N2CCCC2=O)n1)c1ccc(Cl)cc1. The lowest BCUT2D eigenvalue weighted by molar-refractivity contribution is -0.121. The second-order valence-electron chi connectivity index (χ2n) is 6.79. The molecule has 0 saturated carbocycles. The number of halogens is 1. The van der Waals surface area contributed by atoms with Crippen molar-refractivity contribution < 1.29 is 9.59 Å². The number of nitrogens with zero attached hydrogens (tertiary/aromatic N) is 2. The Balaban J connectivity index is 1.64. The number of rotatable bonds is 6. The molecule has 2 heterocycles. The second kappa shape index (κ2) is 8.18. The van der Waals surface area contributed by atoms with Crippen LogP contribution in [0.2, 0.25) is 5.02 Å². The van der Waals surface area contributed by atoms with Crippen LogP contribution in [0.4, 0.5) is 5.13 Å². The monoisotopic (exact) mass is 391 g/mol. The molecule has 1 saturated heterocycles. The van der Waals surface area contributed by atoms with Gasteiger partial charge in [-0.1, -0.05) is 37.6 Å². The molecule has 0 radical (unpaired) electrons. The van der Waals surface area contributed by atoms with Gasteiger partial charge in [-0.15, -0.1) is 11.3 Å². The Hall–Kier alpha value is -1.92. The third kappa shape index (κ3) is 4.43. The zero-order valence-electron chi connectivity index (χ0n) is 14.9. The fraction of sp³-hybridized carbons (Fsp3) is 0.421. The minimum Gasteiger partial charge on any atom is -0.349 e. The molecule has 2 aromatic rings. The summed E-state index contributed by atoms with van der Waals surface area (Å²) >= 11 is 7.37. The molecule has 0 bridgehead atoms. The predicted octanol–water partition coefficient (Wildman–Crippen LogP) is 3.98. The Morgan fingerprint density at radius 3 is 2.69 bits per heavy atom. The highest BCUT2D eigenvalue weighted by Gasteiger charge is 2.25. The van der Waals surface area contributed by atoms with Crippen LogP contribution in [-0.2, 0) is 16.0 Å². The molecule has 0 aliphatic carbocycles. The summed E-state index contributed by atoms with van der Waals surface area (Å²) in [5.41, 5.74) is 1.72. The summed E-state index contributed by atoms with van der Waals surface area (Å²) in [6.07, 6.45) is 1.65. The van der Waals surface area contributed by atoms with Gasteiger partial charge in [0.05, 0.1) is 18.2 Å². The summed E-state index contributed by atoms with van der Waals surface area (Å²) in [6, 6.07) is 7.45. The molecule has 1 aliphatic rings. The highest BCUT2D eigenvalue weighted by atomic mass is 35.5. The maximum absolute atomic E-state index is 12.5. The standard InChI is InChI=1S/C19H22ClN3O2S/c1-12(2)18(13-5-7-14(20)8-6-13)22-16(24)10-15-11-26-19(21-15)23-9-3-4-17(23)25/h5-8,11-12,18H,3-4,9-10H2,1-2H3,(H,22,24). The molecule has 2 amide bonds. The van der Waals surface area contributed by atoms with Crippen LogP contribution in [0.25, 0.3) is 0 Å². The summed E-state index contributed by atoms with van der Waals surface area (Å²) < 4.78 is 0. The number of aromatic nitrogens is 1. The zero-order chi connectivity index (χ0) is 18.7. The predicted molar refractivity (Wildman–Crippen MR) is 105 cm³/mol. The van der Waals surface area contributed by atoms with Crippen molar-refractivity contribution >= 4 is 39.9 Å². The van der Waals surface area contributed by atoms with Crippen molar-refractivity contribution in [2.45, 2.75) is 39.2 Å². The molecular formula is C19H22ClN3O2S. The first kappa shape index (κ1) is 18.9. The van der Waals surface area contributed by atoms with Crippen LogP contribution in [0.5, 0.6) is 0 Å². The zero-order valence-corrected chi connectivity index (χ0v) is 16.4. The Morgan fingerprint density at radius 1 is 1.35 bits per heavy atom. The molecule has 3 rings (SSSR count). The fourth-order valence-corrected chi connectivity index (χ4v) is 4.04. The molecule has 5 nitrogen and oxygen atoms in total. The topological polar surface area (TPSA) is 62.3 Å². The number of thiazole rings is 1. The van der Waals surface area contributed by atoms with E-state index in [1.165, 1.54) is 11.3 Å². The summed E-state index contributed by atoms with van der Waals surface area (Å²) in [4.78, 5) is 30.5. The molecule has 7 heteroatoms. The number of nitrogens with one attached hydrogen (secondary N) is 1. The summed E-state index contributed by atoms with van der Waals surface area (Å²) in [7, 11) is 0. The first-order valence-electron chi connectivity index (χ1n) is 8.73. The van der Waals surface area contributed by atoms with E-state index in [0.717, 1.165) is 12.0 Å². The van der Waals surface area contributed by atoms with Crippen LogP contribution in [0.15, 0.2) is 29.6 Å². The van der Waals surface area contributed by atoms with Crippen LogP contribution in [0.1, 0.15) is 44.0 Å². The van der Waals surface area contributed by atoms with Gasteiger partial charge in [-0.3, -0.25) is 14.5 Å². The minimum absolute atomic E-state index is 0.0803. The van der Waals surface area contributed by atoms with Crippen LogP contribution < -0.4 is 10.2 Å². The number of carbonyl (C=O) groups is 2. The van der Waals surface area contributed by atoms with E-state index in [9.17, 15) is 9.59 Å². The van der Waals surface area contributed by atoms with E-state index >= 15 is 0 Å². The van der Waals surface area contributed by atoms with Gasteiger partial charge in [-0.2, -0.15) is 0 Å². The molecule has 1 N–H and O–H groups in total. The quantitative estimate of drug-likeness (QED) is 0.810. The maximum atomic E-state index is 12.5. The third-order valence-corrected chi connectivity index (χ3v) is 5.56. The van der Waals surface area contributed by atoms with Gasteiger partial charge in [0.25, 0.3) is 0 Å². The lowest BCUT2D eigenvalue weighted by atomic mass is 9.96. The highest BCUT2D eigenvalue weighted by molar-refractivity contribution is 7.14. The number of hydrogen-bond acceptors (Lipinski definition) is 4. The minimum atomic E-state index is -0.0852. The average molecular weight is 392 g/mol. The number of amides is 2. The van der Waals surface area contributed by atoms with Gasteiger partial charge < -0.3 is 5.32 Å². The van der Waals surface area contributed by atoms with Crippen LogP contribution in [0, 0.1) is 5.92 Å². The molecular weight excluding hydrogens is 370 g/mol. The van der Waals surface area contributed by atoms with Gasteiger partial charge in [0.15, 0.2) is 5.13 Å². The molecule has 26 heavy (non-hydrogen) atoms. The van der Waals surface area contributed by atoms with Crippen molar-refractivity contribution in [2.24, 2.45) is 5.92 Å². The third-order valence-electron chi connectivity index (χ3n) is 4.40.